The van der Waals surface area contributed by atoms with E-state index in [1.54, 1.807) is 0 Å². The number of benzene rings is 1. The molecule has 17 nitrogen and oxygen atoms in total. The standard InChI is InChI=1S/C24H36N8O9/c25-14(11-18(26)34)20(37)30-15(7-8-19(35)36)21(38)32-17(10-12-3-5-13(33)6-4-12)22(39)31-16(23(40)41)2-1-9-29-24(27)28/h3-6,14-17,33H,1-2,7-11,25H2,(H2,26,34)(H,30,37)(H,31,39)(H,32,38)(H,35,36)(H,40,41)(H4,27,28,29). The van der Waals surface area contributed by atoms with Gasteiger partial charge in [-0.2, -0.15) is 0 Å². The molecule has 0 saturated heterocycles. The molecule has 226 valence electrons. The molecule has 0 spiro atoms. The number of nitrogens with one attached hydrogen (secondary N) is 3. The molecular weight excluding hydrogens is 544 g/mol. The number of aliphatic imine (C=N–C) groups is 1. The molecule has 1 aromatic rings. The Balaban J connectivity index is 3.17. The lowest BCUT2D eigenvalue weighted by molar-refractivity contribution is -0.142. The predicted octanol–water partition coefficient (Wildman–Crippen LogP) is -3.41. The molecule has 4 amide bonds. The third kappa shape index (κ3) is 13.6. The van der Waals surface area contributed by atoms with Crippen LogP contribution in [0.3, 0.4) is 0 Å². The Kier molecular flexibility index (Phi) is 14.1. The lowest BCUT2D eigenvalue weighted by Crippen LogP contribution is -2.57. The minimum absolute atomic E-state index is 0.0488. The molecule has 0 fully saturated rings. The van der Waals surface area contributed by atoms with Crippen molar-refractivity contribution in [2.24, 2.45) is 27.9 Å². The molecule has 0 aliphatic rings. The number of carbonyl (C=O) groups is 6. The third-order valence-corrected chi connectivity index (χ3v) is 5.61. The van der Waals surface area contributed by atoms with Gasteiger partial charge in [0.05, 0.1) is 12.5 Å². The summed E-state index contributed by atoms with van der Waals surface area (Å²) in [6, 6.07) is -0.0458. The first kappa shape index (κ1) is 34.1. The number of rotatable bonds is 18. The molecule has 0 bridgehead atoms. The normalized spacial score (nSPS) is 13.5. The predicted molar refractivity (Wildman–Crippen MR) is 144 cm³/mol. The van der Waals surface area contributed by atoms with Crippen LogP contribution in [0.25, 0.3) is 0 Å². The molecule has 4 atom stereocenters. The van der Waals surface area contributed by atoms with Crippen LogP contribution in [0.2, 0.25) is 0 Å². The lowest BCUT2D eigenvalue weighted by atomic mass is 10.0. The summed E-state index contributed by atoms with van der Waals surface area (Å²) < 4.78 is 0. The molecule has 0 heterocycles. The van der Waals surface area contributed by atoms with Gasteiger partial charge in [0.25, 0.3) is 0 Å². The monoisotopic (exact) mass is 580 g/mol. The highest BCUT2D eigenvalue weighted by Crippen LogP contribution is 2.12. The Bertz CT molecular complexity index is 1120. The van der Waals surface area contributed by atoms with E-state index >= 15 is 0 Å². The Morgan fingerprint density at radius 3 is 1.90 bits per heavy atom. The second kappa shape index (κ2) is 16.9. The molecule has 0 radical (unpaired) electrons. The maximum atomic E-state index is 13.2. The van der Waals surface area contributed by atoms with Gasteiger partial charge in [0.1, 0.15) is 23.9 Å². The fourth-order valence-electron chi connectivity index (χ4n) is 3.51. The fourth-order valence-corrected chi connectivity index (χ4v) is 3.51. The highest BCUT2D eigenvalue weighted by atomic mass is 16.4. The fraction of sp³-hybridized carbons (Fsp3) is 0.458. The number of aromatic hydroxyl groups is 1. The van der Waals surface area contributed by atoms with Crippen molar-refractivity contribution in [2.45, 2.75) is 62.7 Å². The van der Waals surface area contributed by atoms with E-state index in [4.69, 9.17) is 28.0 Å². The first-order valence-electron chi connectivity index (χ1n) is 12.4. The number of guanidine groups is 1. The van der Waals surface area contributed by atoms with Gasteiger partial charge in [0.15, 0.2) is 5.96 Å². The maximum absolute atomic E-state index is 13.2. The average molecular weight is 581 g/mol. The molecule has 1 aromatic carbocycles. The van der Waals surface area contributed by atoms with Crippen LogP contribution >= 0.6 is 0 Å². The van der Waals surface area contributed by atoms with Crippen molar-refractivity contribution in [1.82, 2.24) is 16.0 Å². The summed E-state index contributed by atoms with van der Waals surface area (Å²) in [6.07, 6.45) is -1.49. The highest BCUT2D eigenvalue weighted by molar-refractivity contribution is 5.95. The summed E-state index contributed by atoms with van der Waals surface area (Å²) in [5.41, 5.74) is 21.6. The van der Waals surface area contributed by atoms with Crippen molar-refractivity contribution in [3.8, 4) is 5.75 Å². The van der Waals surface area contributed by atoms with E-state index in [9.17, 15) is 39.0 Å². The highest BCUT2D eigenvalue weighted by Gasteiger charge is 2.31. The Labute approximate surface area is 234 Å². The lowest BCUT2D eigenvalue weighted by Gasteiger charge is -2.25. The van der Waals surface area contributed by atoms with Gasteiger partial charge in [0.2, 0.25) is 23.6 Å². The number of nitrogens with zero attached hydrogens (tertiary/aromatic N) is 1. The Morgan fingerprint density at radius 2 is 1.37 bits per heavy atom. The topological polar surface area (TPSA) is 316 Å². The van der Waals surface area contributed by atoms with Gasteiger partial charge in [-0.1, -0.05) is 12.1 Å². The van der Waals surface area contributed by atoms with Crippen LogP contribution in [-0.2, 0) is 35.2 Å². The van der Waals surface area contributed by atoms with Crippen LogP contribution in [0.1, 0.15) is 37.7 Å². The number of carbonyl (C=O) groups excluding carboxylic acids is 4. The van der Waals surface area contributed by atoms with E-state index in [-0.39, 0.29) is 37.5 Å². The summed E-state index contributed by atoms with van der Waals surface area (Å²) in [5, 5.41) is 35.2. The number of carboxylic acid groups (broad SMARTS) is 2. The van der Waals surface area contributed by atoms with Crippen molar-refractivity contribution in [3.63, 3.8) is 0 Å². The van der Waals surface area contributed by atoms with Gasteiger partial charge in [-0.05, 0) is 37.0 Å². The van der Waals surface area contributed by atoms with Crippen molar-refractivity contribution >= 4 is 41.5 Å². The smallest absolute Gasteiger partial charge is 0.326 e. The van der Waals surface area contributed by atoms with Crippen LogP contribution in [0.15, 0.2) is 29.3 Å². The zero-order valence-electron chi connectivity index (χ0n) is 22.1. The molecule has 0 saturated carbocycles. The van der Waals surface area contributed by atoms with Crippen LogP contribution in [0, 0.1) is 0 Å². The summed E-state index contributed by atoms with van der Waals surface area (Å²) in [5.74, 6) is -6.57. The van der Waals surface area contributed by atoms with Gasteiger partial charge < -0.3 is 54.2 Å². The number of carboxylic acids is 2. The minimum atomic E-state index is -1.48. The number of primary amides is 1. The number of amides is 4. The van der Waals surface area contributed by atoms with Crippen LogP contribution in [-0.4, -0.2) is 87.6 Å². The molecule has 0 aromatic heterocycles. The Hall–Kier alpha value is -4.93. The summed E-state index contributed by atoms with van der Waals surface area (Å²) in [7, 11) is 0. The van der Waals surface area contributed by atoms with Gasteiger partial charge in [-0.15, -0.1) is 0 Å². The number of nitrogens with two attached hydrogens (primary N) is 4. The van der Waals surface area contributed by atoms with Crippen molar-refractivity contribution in [2.75, 3.05) is 6.54 Å². The maximum Gasteiger partial charge on any atom is 0.326 e. The zero-order chi connectivity index (χ0) is 31.1. The van der Waals surface area contributed by atoms with Crippen LogP contribution in [0.4, 0.5) is 0 Å². The van der Waals surface area contributed by atoms with Crippen molar-refractivity contribution in [1.29, 1.82) is 0 Å². The van der Waals surface area contributed by atoms with E-state index in [1.165, 1.54) is 24.3 Å². The number of hydrogen-bond donors (Lipinski definition) is 10. The number of aliphatic carboxylic acids is 2. The summed E-state index contributed by atoms with van der Waals surface area (Å²) >= 11 is 0. The van der Waals surface area contributed by atoms with Crippen LogP contribution in [0.5, 0.6) is 5.75 Å². The van der Waals surface area contributed by atoms with Crippen molar-refractivity contribution in [3.05, 3.63) is 29.8 Å². The van der Waals surface area contributed by atoms with Gasteiger partial charge >= 0.3 is 11.9 Å². The van der Waals surface area contributed by atoms with E-state index in [2.05, 4.69) is 20.9 Å². The number of phenols is 1. The first-order valence-corrected chi connectivity index (χ1v) is 12.4. The second-order valence-electron chi connectivity index (χ2n) is 9.05. The average Bonchev–Trinajstić information content (AvgIpc) is 2.87. The second-order valence-corrected chi connectivity index (χ2v) is 9.05. The number of hydrogen-bond acceptors (Lipinski definition) is 9. The molecule has 0 aliphatic heterocycles. The molecule has 17 heteroatoms. The van der Waals surface area contributed by atoms with E-state index in [0.29, 0.717) is 5.56 Å². The molecule has 4 unspecified atom stereocenters. The minimum Gasteiger partial charge on any atom is -0.508 e. The largest absolute Gasteiger partial charge is 0.508 e. The Morgan fingerprint density at radius 1 is 0.805 bits per heavy atom. The summed E-state index contributed by atoms with van der Waals surface area (Å²) in [4.78, 5) is 76.5. The third-order valence-electron chi connectivity index (χ3n) is 5.61. The quantitative estimate of drug-likeness (QED) is 0.0461. The molecule has 14 N–H and O–H groups in total. The van der Waals surface area contributed by atoms with E-state index in [1.807, 2.05) is 0 Å². The number of phenolic OH excluding ortho intramolecular Hbond substituents is 1. The first-order chi connectivity index (χ1) is 19.2. The molecule has 0 aliphatic carbocycles. The SMILES string of the molecule is NC(=O)CC(N)C(=O)NC(CCC(=O)O)C(=O)NC(Cc1ccc(O)cc1)C(=O)NC(CCCN=C(N)N)C(=O)O. The van der Waals surface area contributed by atoms with E-state index in [0.717, 1.165) is 0 Å². The van der Waals surface area contributed by atoms with Gasteiger partial charge in [-0.3, -0.25) is 29.0 Å². The summed E-state index contributed by atoms with van der Waals surface area (Å²) in [6.45, 7) is 0.110. The zero-order valence-corrected chi connectivity index (χ0v) is 22.1. The van der Waals surface area contributed by atoms with Crippen molar-refractivity contribution < 1.29 is 44.1 Å². The van der Waals surface area contributed by atoms with Crippen LogP contribution < -0.4 is 38.9 Å². The van der Waals surface area contributed by atoms with Gasteiger partial charge in [-0.25, -0.2) is 4.79 Å². The molecule has 41 heavy (non-hydrogen) atoms. The molecule has 1 rings (SSSR count). The van der Waals surface area contributed by atoms with E-state index < -0.39 is 79.0 Å². The van der Waals surface area contributed by atoms with Gasteiger partial charge in [0, 0.05) is 19.4 Å². The molecular formula is C24H36N8O9.